The molecule has 0 aliphatic carbocycles. The van der Waals surface area contributed by atoms with E-state index in [1.807, 2.05) is 37.3 Å². The Bertz CT molecular complexity index is 558. The molecule has 0 amide bonds. The smallest absolute Gasteiger partial charge is 0.251 e. The molecule has 0 saturated carbocycles. The predicted molar refractivity (Wildman–Crippen MR) is 65.4 cm³/mol. The van der Waals surface area contributed by atoms with Gasteiger partial charge in [-0.15, -0.1) is 0 Å². The zero-order valence-electron chi connectivity index (χ0n) is 9.18. The van der Waals surface area contributed by atoms with Crippen LogP contribution in [0.3, 0.4) is 0 Å². The van der Waals surface area contributed by atoms with Crippen molar-refractivity contribution in [3.63, 3.8) is 0 Å². The average Bonchev–Trinajstić information content (AvgIpc) is 2.25. The molecule has 0 spiro atoms. The van der Waals surface area contributed by atoms with Crippen LogP contribution >= 0.6 is 0 Å². The molecule has 3 heteroatoms. The fourth-order valence-electron chi connectivity index (χ4n) is 1.60. The van der Waals surface area contributed by atoms with E-state index in [0.29, 0.717) is 6.54 Å². The van der Waals surface area contributed by atoms with E-state index in [0.717, 1.165) is 16.8 Å². The summed E-state index contributed by atoms with van der Waals surface area (Å²) < 4.78 is 1.65. The largest absolute Gasteiger partial charge is 0.398 e. The van der Waals surface area contributed by atoms with Gasteiger partial charge in [0.2, 0.25) is 0 Å². The molecule has 1 aromatic carbocycles. The van der Waals surface area contributed by atoms with Crippen LogP contribution in [0.15, 0.2) is 47.4 Å². The summed E-state index contributed by atoms with van der Waals surface area (Å²) in [7, 11) is 0. The molecule has 0 saturated heterocycles. The molecular formula is C13H14N2O. The van der Waals surface area contributed by atoms with Crippen molar-refractivity contribution in [3.05, 3.63) is 64.1 Å². The van der Waals surface area contributed by atoms with Gasteiger partial charge in [-0.25, -0.2) is 0 Å². The number of hydrogen-bond acceptors (Lipinski definition) is 2. The molecule has 3 nitrogen and oxygen atoms in total. The molecule has 1 heterocycles. The number of para-hydroxylation sites is 1. The van der Waals surface area contributed by atoms with Gasteiger partial charge in [-0.05, 0) is 30.2 Å². The molecule has 0 atom stereocenters. The Morgan fingerprint density at radius 1 is 1.25 bits per heavy atom. The van der Waals surface area contributed by atoms with Gasteiger partial charge in [0, 0.05) is 18.0 Å². The fourth-order valence-corrected chi connectivity index (χ4v) is 1.60. The van der Waals surface area contributed by atoms with Gasteiger partial charge in [0.05, 0.1) is 6.54 Å². The second-order valence-corrected chi connectivity index (χ2v) is 3.87. The third-order valence-electron chi connectivity index (χ3n) is 2.55. The summed E-state index contributed by atoms with van der Waals surface area (Å²) in [5, 5.41) is 0. The maximum Gasteiger partial charge on any atom is 0.251 e. The number of hydrogen-bond donors (Lipinski definition) is 1. The first-order valence-electron chi connectivity index (χ1n) is 5.17. The molecule has 0 aliphatic heterocycles. The Morgan fingerprint density at radius 2 is 2.00 bits per heavy atom. The number of nitrogen functional groups attached to an aromatic ring is 1. The van der Waals surface area contributed by atoms with Crippen molar-refractivity contribution in [2.24, 2.45) is 0 Å². The van der Waals surface area contributed by atoms with Crippen LogP contribution in [0.2, 0.25) is 0 Å². The summed E-state index contributed by atoms with van der Waals surface area (Å²) in [6.45, 7) is 2.43. The monoisotopic (exact) mass is 214 g/mol. The van der Waals surface area contributed by atoms with Crippen molar-refractivity contribution in [2.45, 2.75) is 13.5 Å². The van der Waals surface area contributed by atoms with Crippen molar-refractivity contribution in [2.75, 3.05) is 5.73 Å². The van der Waals surface area contributed by atoms with E-state index >= 15 is 0 Å². The first-order chi connectivity index (χ1) is 7.66. The van der Waals surface area contributed by atoms with Crippen LogP contribution in [0, 0.1) is 6.92 Å². The molecule has 1 aromatic heterocycles. The summed E-state index contributed by atoms with van der Waals surface area (Å²) in [4.78, 5) is 11.7. The Hall–Kier alpha value is -2.03. The summed E-state index contributed by atoms with van der Waals surface area (Å²) in [6, 6.07) is 11.1. The van der Waals surface area contributed by atoms with Gasteiger partial charge in [-0.3, -0.25) is 4.79 Å². The van der Waals surface area contributed by atoms with Crippen LogP contribution in [0.4, 0.5) is 5.69 Å². The minimum atomic E-state index is 0.00301. The van der Waals surface area contributed by atoms with E-state index in [2.05, 4.69) is 0 Å². The van der Waals surface area contributed by atoms with Crippen molar-refractivity contribution in [1.29, 1.82) is 0 Å². The van der Waals surface area contributed by atoms with Crippen LogP contribution in [0.1, 0.15) is 11.1 Å². The highest BCUT2D eigenvalue weighted by Gasteiger charge is 2.00. The molecule has 0 bridgehead atoms. The lowest BCUT2D eigenvalue weighted by atomic mass is 10.2. The highest BCUT2D eigenvalue weighted by Crippen LogP contribution is 2.11. The summed E-state index contributed by atoms with van der Waals surface area (Å²) in [6.07, 6.45) is 1.80. The van der Waals surface area contributed by atoms with E-state index in [1.165, 1.54) is 0 Å². The number of nitrogens with zero attached hydrogens (tertiary/aromatic N) is 1. The van der Waals surface area contributed by atoms with Gasteiger partial charge in [0.15, 0.2) is 0 Å². The van der Waals surface area contributed by atoms with Gasteiger partial charge >= 0.3 is 0 Å². The SMILES string of the molecule is Cc1ccn(Cc2ccccc2N)c(=O)c1. The zero-order valence-corrected chi connectivity index (χ0v) is 9.18. The van der Waals surface area contributed by atoms with Gasteiger partial charge in [0.25, 0.3) is 5.56 Å². The lowest BCUT2D eigenvalue weighted by molar-refractivity contribution is 0.759. The second-order valence-electron chi connectivity index (χ2n) is 3.87. The van der Waals surface area contributed by atoms with Crippen LogP contribution in [-0.2, 0) is 6.54 Å². The number of rotatable bonds is 2. The first kappa shape index (κ1) is 10.5. The molecule has 0 aliphatic rings. The average molecular weight is 214 g/mol. The summed E-state index contributed by atoms with van der Waals surface area (Å²) in [5.41, 5.74) is 8.49. The van der Waals surface area contributed by atoms with Gasteiger partial charge in [-0.2, -0.15) is 0 Å². The second kappa shape index (κ2) is 4.23. The molecule has 82 valence electrons. The molecular weight excluding hydrogens is 200 g/mol. The van der Waals surface area contributed by atoms with Crippen molar-refractivity contribution >= 4 is 5.69 Å². The minimum absolute atomic E-state index is 0.00301. The van der Waals surface area contributed by atoms with E-state index in [1.54, 1.807) is 16.8 Å². The van der Waals surface area contributed by atoms with Crippen molar-refractivity contribution in [1.82, 2.24) is 4.57 Å². The van der Waals surface area contributed by atoms with E-state index in [-0.39, 0.29) is 5.56 Å². The van der Waals surface area contributed by atoms with E-state index in [4.69, 9.17) is 5.73 Å². The molecule has 2 aromatic rings. The quantitative estimate of drug-likeness (QED) is 0.775. The highest BCUT2D eigenvalue weighted by atomic mass is 16.1. The van der Waals surface area contributed by atoms with E-state index < -0.39 is 0 Å². The van der Waals surface area contributed by atoms with Crippen molar-refractivity contribution < 1.29 is 0 Å². The predicted octanol–water partition coefficient (Wildman–Crippen LogP) is 1.79. The Balaban J connectivity index is 2.35. The van der Waals surface area contributed by atoms with E-state index in [9.17, 15) is 4.79 Å². The number of pyridine rings is 1. The van der Waals surface area contributed by atoms with Crippen LogP contribution in [0.25, 0.3) is 0 Å². The van der Waals surface area contributed by atoms with Gasteiger partial charge < -0.3 is 10.3 Å². The Labute approximate surface area is 94.1 Å². The minimum Gasteiger partial charge on any atom is -0.398 e. The maximum absolute atomic E-state index is 11.7. The standard InChI is InChI=1S/C13H14N2O/c1-10-6-7-15(13(16)8-10)9-11-4-2-3-5-12(11)14/h2-8H,9,14H2,1H3. The van der Waals surface area contributed by atoms with Crippen LogP contribution in [-0.4, -0.2) is 4.57 Å². The Kier molecular flexibility index (Phi) is 2.77. The number of aromatic nitrogens is 1. The normalized spacial score (nSPS) is 10.3. The topological polar surface area (TPSA) is 48.0 Å². The highest BCUT2D eigenvalue weighted by molar-refractivity contribution is 5.46. The third-order valence-corrected chi connectivity index (χ3v) is 2.55. The fraction of sp³-hybridized carbons (Fsp3) is 0.154. The molecule has 2 rings (SSSR count). The zero-order chi connectivity index (χ0) is 11.5. The number of benzene rings is 1. The van der Waals surface area contributed by atoms with Gasteiger partial charge in [0.1, 0.15) is 0 Å². The maximum atomic E-state index is 11.7. The summed E-state index contributed by atoms with van der Waals surface area (Å²) in [5.74, 6) is 0. The molecule has 0 fully saturated rings. The molecule has 2 N–H and O–H groups in total. The Morgan fingerprint density at radius 3 is 2.69 bits per heavy atom. The molecule has 0 unspecified atom stereocenters. The molecule has 0 radical (unpaired) electrons. The summed E-state index contributed by atoms with van der Waals surface area (Å²) >= 11 is 0. The lowest BCUT2D eigenvalue weighted by Crippen LogP contribution is -2.19. The molecule has 16 heavy (non-hydrogen) atoms. The number of anilines is 1. The number of aryl methyl sites for hydroxylation is 1. The third kappa shape index (κ3) is 2.14. The number of nitrogens with two attached hydrogens (primary N) is 1. The van der Waals surface area contributed by atoms with Crippen molar-refractivity contribution in [3.8, 4) is 0 Å². The lowest BCUT2D eigenvalue weighted by Gasteiger charge is -2.08. The van der Waals surface area contributed by atoms with Crippen LogP contribution < -0.4 is 11.3 Å². The van der Waals surface area contributed by atoms with Gasteiger partial charge in [-0.1, -0.05) is 18.2 Å². The van der Waals surface area contributed by atoms with Crippen LogP contribution in [0.5, 0.6) is 0 Å². The first-order valence-corrected chi connectivity index (χ1v) is 5.17.